The van der Waals surface area contributed by atoms with E-state index in [1.165, 1.54) is 17.4 Å². The molecule has 0 radical (unpaired) electrons. The molecule has 0 aliphatic heterocycles. The molecule has 0 fully saturated rings. The van der Waals surface area contributed by atoms with Gasteiger partial charge < -0.3 is 5.32 Å². The Kier molecular flexibility index (Phi) is 4.15. The van der Waals surface area contributed by atoms with Crippen LogP contribution in [0.3, 0.4) is 0 Å². The number of benzene rings is 1. The second-order valence-corrected chi connectivity index (χ2v) is 6.34. The molecule has 5 heteroatoms. The zero-order chi connectivity index (χ0) is 13.3. The molecule has 0 aliphatic rings. The number of rotatable bonds is 3. The predicted octanol–water partition coefficient (Wildman–Crippen LogP) is 5.68. The van der Waals surface area contributed by atoms with Crippen molar-refractivity contribution in [1.82, 2.24) is 0 Å². The monoisotopic (exact) mass is 303 g/mol. The van der Waals surface area contributed by atoms with Crippen molar-refractivity contribution in [1.29, 1.82) is 0 Å². The fourth-order valence-corrected chi connectivity index (χ4v) is 3.37. The summed E-state index contributed by atoms with van der Waals surface area (Å²) in [4.78, 5) is 0. The summed E-state index contributed by atoms with van der Waals surface area (Å²) in [7, 11) is 0. The van der Waals surface area contributed by atoms with E-state index in [-0.39, 0.29) is 11.9 Å². The number of anilines is 1. The third-order valence-corrected chi connectivity index (χ3v) is 4.31. The maximum Gasteiger partial charge on any atom is 0.128 e. The summed E-state index contributed by atoms with van der Waals surface area (Å²) in [6.07, 6.45) is 0. The van der Waals surface area contributed by atoms with Gasteiger partial charge >= 0.3 is 0 Å². The van der Waals surface area contributed by atoms with Gasteiger partial charge in [0.2, 0.25) is 0 Å². The summed E-state index contributed by atoms with van der Waals surface area (Å²) in [5.41, 5.74) is 2.29. The van der Waals surface area contributed by atoms with E-state index in [4.69, 9.17) is 23.2 Å². The van der Waals surface area contributed by atoms with Gasteiger partial charge in [-0.2, -0.15) is 0 Å². The summed E-state index contributed by atoms with van der Waals surface area (Å²) in [6, 6.07) is 6.78. The molecule has 1 aromatic carbocycles. The van der Waals surface area contributed by atoms with E-state index in [2.05, 4.69) is 5.32 Å². The summed E-state index contributed by atoms with van der Waals surface area (Å²) >= 11 is 13.3. The molecule has 1 unspecified atom stereocenters. The van der Waals surface area contributed by atoms with Gasteiger partial charge in [0, 0.05) is 16.8 Å². The Hall–Kier alpha value is -0.770. The van der Waals surface area contributed by atoms with Crippen LogP contribution in [0.1, 0.15) is 24.1 Å². The summed E-state index contributed by atoms with van der Waals surface area (Å²) < 4.78 is 14.7. The Morgan fingerprint density at radius 1 is 1.33 bits per heavy atom. The minimum Gasteiger partial charge on any atom is -0.378 e. The van der Waals surface area contributed by atoms with Gasteiger partial charge in [0.25, 0.3) is 0 Å². The Morgan fingerprint density at radius 2 is 2.06 bits per heavy atom. The highest BCUT2D eigenvalue weighted by molar-refractivity contribution is 7.20. The van der Waals surface area contributed by atoms with Crippen molar-refractivity contribution < 1.29 is 4.39 Å². The van der Waals surface area contributed by atoms with Crippen molar-refractivity contribution in [3.63, 3.8) is 0 Å². The van der Waals surface area contributed by atoms with Crippen LogP contribution in [0.4, 0.5) is 10.1 Å². The number of hydrogen-bond donors (Lipinski definition) is 1. The average Bonchev–Trinajstić information content (AvgIpc) is 2.64. The van der Waals surface area contributed by atoms with Gasteiger partial charge in [-0.15, -0.1) is 11.3 Å². The molecule has 0 bridgehead atoms. The fourth-order valence-electron chi connectivity index (χ4n) is 1.72. The van der Waals surface area contributed by atoms with E-state index in [1.807, 2.05) is 19.1 Å². The van der Waals surface area contributed by atoms with Crippen LogP contribution < -0.4 is 5.32 Å². The lowest BCUT2D eigenvalue weighted by molar-refractivity contribution is 0.618. The smallest absolute Gasteiger partial charge is 0.128 e. The lowest BCUT2D eigenvalue weighted by Crippen LogP contribution is -2.07. The molecule has 96 valence electrons. The minimum absolute atomic E-state index is 0.0262. The minimum atomic E-state index is -0.221. The molecule has 2 rings (SSSR count). The molecule has 2 aromatic rings. The molecule has 0 saturated carbocycles. The van der Waals surface area contributed by atoms with Crippen LogP contribution in [-0.2, 0) is 0 Å². The highest BCUT2D eigenvalue weighted by Crippen LogP contribution is 2.36. The summed E-state index contributed by atoms with van der Waals surface area (Å²) in [6.45, 7) is 3.71. The van der Waals surface area contributed by atoms with E-state index >= 15 is 0 Å². The Bertz CT molecular complexity index is 568. The first-order valence-corrected chi connectivity index (χ1v) is 7.02. The van der Waals surface area contributed by atoms with Crippen LogP contribution in [0.15, 0.2) is 24.3 Å². The lowest BCUT2D eigenvalue weighted by atomic mass is 10.1. The highest BCUT2D eigenvalue weighted by atomic mass is 35.5. The van der Waals surface area contributed by atoms with Gasteiger partial charge in [-0.1, -0.05) is 29.3 Å². The van der Waals surface area contributed by atoms with Gasteiger partial charge in [0.05, 0.1) is 14.7 Å². The maximum absolute atomic E-state index is 13.4. The van der Waals surface area contributed by atoms with Crippen molar-refractivity contribution in [3.8, 4) is 0 Å². The Balaban J connectivity index is 2.24. The first kappa shape index (κ1) is 13.7. The van der Waals surface area contributed by atoms with E-state index in [9.17, 15) is 4.39 Å². The number of halogens is 3. The Labute approximate surface area is 120 Å². The molecule has 1 nitrogen and oxygen atoms in total. The second-order valence-electron chi connectivity index (χ2n) is 4.06. The van der Waals surface area contributed by atoms with E-state index < -0.39 is 0 Å². The van der Waals surface area contributed by atoms with Gasteiger partial charge in [-0.3, -0.25) is 0 Å². The normalized spacial score (nSPS) is 12.5. The first-order valence-electron chi connectivity index (χ1n) is 5.45. The van der Waals surface area contributed by atoms with Gasteiger partial charge in [0.15, 0.2) is 0 Å². The maximum atomic E-state index is 13.4. The van der Waals surface area contributed by atoms with Gasteiger partial charge in [-0.25, -0.2) is 4.39 Å². The van der Waals surface area contributed by atoms with Crippen molar-refractivity contribution in [2.75, 3.05) is 5.32 Å². The standard InChI is InChI=1S/C13H12Cl2FNS/c1-7-10(16)4-3-5-11(7)17-8(2)9-6-12(14)18-13(9)15/h3-6,8,17H,1-2H3. The third-order valence-electron chi connectivity index (χ3n) is 2.79. The van der Waals surface area contributed by atoms with Gasteiger partial charge in [0.1, 0.15) is 5.82 Å². The molecule has 0 saturated heterocycles. The van der Waals surface area contributed by atoms with E-state index in [0.717, 1.165) is 11.3 Å². The van der Waals surface area contributed by atoms with Crippen LogP contribution in [0.5, 0.6) is 0 Å². The number of hydrogen-bond acceptors (Lipinski definition) is 2. The third kappa shape index (κ3) is 2.79. The summed E-state index contributed by atoms with van der Waals surface area (Å²) in [5.74, 6) is -0.221. The molecule has 1 N–H and O–H groups in total. The van der Waals surface area contributed by atoms with Crippen LogP contribution in [-0.4, -0.2) is 0 Å². The fraction of sp³-hybridized carbons (Fsp3) is 0.231. The number of nitrogens with one attached hydrogen (secondary N) is 1. The molecule has 1 aromatic heterocycles. The number of thiophene rings is 1. The SMILES string of the molecule is Cc1c(F)cccc1NC(C)c1cc(Cl)sc1Cl. The van der Waals surface area contributed by atoms with Crippen LogP contribution >= 0.6 is 34.5 Å². The van der Waals surface area contributed by atoms with Gasteiger partial charge in [-0.05, 0) is 32.0 Å². The molecular weight excluding hydrogens is 292 g/mol. The van der Waals surface area contributed by atoms with Crippen LogP contribution in [0.25, 0.3) is 0 Å². The summed E-state index contributed by atoms with van der Waals surface area (Å²) in [5, 5.41) is 3.25. The molecule has 0 aliphatic carbocycles. The Morgan fingerprint density at radius 3 is 2.67 bits per heavy atom. The zero-order valence-electron chi connectivity index (χ0n) is 9.93. The van der Waals surface area contributed by atoms with E-state index in [1.54, 1.807) is 13.0 Å². The quantitative estimate of drug-likeness (QED) is 0.769. The largest absolute Gasteiger partial charge is 0.378 e. The molecule has 1 atom stereocenters. The predicted molar refractivity (Wildman–Crippen MR) is 77.5 cm³/mol. The molecule has 18 heavy (non-hydrogen) atoms. The van der Waals surface area contributed by atoms with Crippen LogP contribution in [0.2, 0.25) is 8.67 Å². The zero-order valence-corrected chi connectivity index (χ0v) is 12.3. The highest BCUT2D eigenvalue weighted by Gasteiger charge is 2.14. The van der Waals surface area contributed by atoms with Crippen molar-refractivity contribution in [2.45, 2.75) is 19.9 Å². The van der Waals surface area contributed by atoms with E-state index in [0.29, 0.717) is 14.2 Å². The van der Waals surface area contributed by atoms with Crippen molar-refractivity contribution >= 4 is 40.2 Å². The second kappa shape index (κ2) is 5.47. The molecular formula is C13H12Cl2FNS. The van der Waals surface area contributed by atoms with Crippen LogP contribution in [0, 0.1) is 12.7 Å². The topological polar surface area (TPSA) is 12.0 Å². The lowest BCUT2D eigenvalue weighted by Gasteiger charge is -2.16. The van der Waals surface area contributed by atoms with Crippen molar-refractivity contribution in [3.05, 3.63) is 49.9 Å². The van der Waals surface area contributed by atoms with Crippen molar-refractivity contribution in [2.24, 2.45) is 0 Å². The molecule has 0 spiro atoms. The first-order chi connectivity index (χ1) is 8.49. The molecule has 0 amide bonds. The molecule has 1 heterocycles. The average molecular weight is 304 g/mol.